The number of hydrogen-bond acceptors (Lipinski definition) is 6. The SMILES string of the molecule is COC(=O)c1cc(N2CCOC(CO)C2)ccn1. The molecule has 1 aliphatic heterocycles. The van der Waals surface area contributed by atoms with Crippen molar-refractivity contribution in [2.75, 3.05) is 38.3 Å². The topological polar surface area (TPSA) is 71.9 Å². The number of pyridine rings is 1. The molecule has 1 unspecified atom stereocenters. The summed E-state index contributed by atoms with van der Waals surface area (Å²) < 4.78 is 10.0. The standard InChI is InChI=1S/C12H16N2O4/c1-17-12(16)11-6-9(2-3-13-11)14-4-5-18-10(7-14)8-15/h2-3,6,10,15H,4-5,7-8H2,1H3. The highest BCUT2D eigenvalue weighted by molar-refractivity contribution is 5.88. The molecular formula is C12H16N2O4. The van der Waals surface area contributed by atoms with Gasteiger partial charge in [0.1, 0.15) is 5.69 Å². The van der Waals surface area contributed by atoms with Crippen LogP contribution in [0.4, 0.5) is 5.69 Å². The maximum atomic E-state index is 11.4. The van der Waals surface area contributed by atoms with E-state index < -0.39 is 5.97 Å². The molecule has 2 rings (SSSR count). The monoisotopic (exact) mass is 252 g/mol. The molecule has 1 aromatic heterocycles. The molecule has 1 fully saturated rings. The van der Waals surface area contributed by atoms with Crippen LogP contribution >= 0.6 is 0 Å². The number of morpholine rings is 1. The van der Waals surface area contributed by atoms with Crippen molar-refractivity contribution in [3.63, 3.8) is 0 Å². The molecule has 0 spiro atoms. The molecule has 0 saturated carbocycles. The number of rotatable bonds is 3. The second-order valence-corrected chi connectivity index (χ2v) is 4.01. The minimum atomic E-state index is -0.455. The van der Waals surface area contributed by atoms with E-state index in [1.165, 1.54) is 7.11 Å². The second kappa shape index (κ2) is 5.79. The van der Waals surface area contributed by atoms with Gasteiger partial charge in [-0.3, -0.25) is 0 Å². The van der Waals surface area contributed by atoms with E-state index >= 15 is 0 Å². The van der Waals surface area contributed by atoms with Crippen molar-refractivity contribution in [3.05, 3.63) is 24.0 Å². The van der Waals surface area contributed by atoms with E-state index in [0.717, 1.165) is 12.2 Å². The smallest absolute Gasteiger partial charge is 0.356 e. The molecule has 2 heterocycles. The van der Waals surface area contributed by atoms with Gasteiger partial charge in [0.25, 0.3) is 0 Å². The first-order chi connectivity index (χ1) is 8.74. The van der Waals surface area contributed by atoms with Crippen LogP contribution in [0.25, 0.3) is 0 Å². The van der Waals surface area contributed by atoms with Crippen LogP contribution in [0.5, 0.6) is 0 Å². The number of methoxy groups -OCH3 is 1. The van der Waals surface area contributed by atoms with Gasteiger partial charge in [0.05, 0.1) is 26.4 Å². The first-order valence-electron chi connectivity index (χ1n) is 5.76. The molecule has 0 bridgehead atoms. The van der Waals surface area contributed by atoms with Gasteiger partial charge in [-0.15, -0.1) is 0 Å². The molecule has 1 N–H and O–H groups in total. The Hall–Kier alpha value is -1.66. The average Bonchev–Trinajstić information content (AvgIpc) is 2.46. The number of aliphatic hydroxyl groups excluding tert-OH is 1. The maximum absolute atomic E-state index is 11.4. The van der Waals surface area contributed by atoms with E-state index in [1.807, 2.05) is 6.07 Å². The van der Waals surface area contributed by atoms with Crippen LogP contribution in [-0.2, 0) is 9.47 Å². The number of aliphatic hydroxyl groups is 1. The summed E-state index contributed by atoms with van der Waals surface area (Å²) in [7, 11) is 1.33. The predicted octanol–water partition coefficient (Wildman–Crippen LogP) is 0.0657. The highest BCUT2D eigenvalue weighted by atomic mass is 16.5. The molecule has 18 heavy (non-hydrogen) atoms. The number of anilines is 1. The lowest BCUT2D eigenvalue weighted by molar-refractivity contribution is 0.00356. The zero-order chi connectivity index (χ0) is 13.0. The van der Waals surface area contributed by atoms with E-state index in [-0.39, 0.29) is 18.4 Å². The van der Waals surface area contributed by atoms with Crippen molar-refractivity contribution >= 4 is 11.7 Å². The van der Waals surface area contributed by atoms with Crippen LogP contribution in [-0.4, -0.2) is 55.6 Å². The molecule has 1 aromatic rings. The lowest BCUT2D eigenvalue weighted by atomic mass is 10.2. The van der Waals surface area contributed by atoms with Crippen LogP contribution in [0.1, 0.15) is 10.5 Å². The summed E-state index contributed by atoms with van der Waals surface area (Å²) in [6, 6.07) is 3.51. The molecule has 6 heteroatoms. The van der Waals surface area contributed by atoms with Gasteiger partial charge in [0.15, 0.2) is 0 Å². The molecule has 0 amide bonds. The van der Waals surface area contributed by atoms with Crippen LogP contribution in [0, 0.1) is 0 Å². The van der Waals surface area contributed by atoms with Gasteiger partial charge >= 0.3 is 5.97 Å². The van der Waals surface area contributed by atoms with Gasteiger partial charge in [-0.1, -0.05) is 0 Å². The first-order valence-corrected chi connectivity index (χ1v) is 5.76. The van der Waals surface area contributed by atoms with E-state index in [2.05, 4.69) is 14.6 Å². The number of aromatic nitrogens is 1. The molecule has 0 aromatic carbocycles. The maximum Gasteiger partial charge on any atom is 0.356 e. The lowest BCUT2D eigenvalue weighted by Crippen LogP contribution is -2.44. The molecule has 6 nitrogen and oxygen atoms in total. The Morgan fingerprint density at radius 1 is 1.72 bits per heavy atom. The van der Waals surface area contributed by atoms with Crippen molar-refractivity contribution in [3.8, 4) is 0 Å². The average molecular weight is 252 g/mol. The fraction of sp³-hybridized carbons (Fsp3) is 0.500. The summed E-state index contributed by atoms with van der Waals surface area (Å²) in [5, 5.41) is 9.10. The fourth-order valence-electron chi connectivity index (χ4n) is 1.90. The molecule has 1 atom stereocenters. The number of carbonyl (C=O) groups is 1. The second-order valence-electron chi connectivity index (χ2n) is 4.01. The Bertz CT molecular complexity index is 424. The largest absolute Gasteiger partial charge is 0.464 e. The highest BCUT2D eigenvalue weighted by Crippen LogP contribution is 2.18. The van der Waals surface area contributed by atoms with Gasteiger partial charge in [-0.2, -0.15) is 0 Å². The first kappa shape index (κ1) is 12.8. The van der Waals surface area contributed by atoms with E-state index in [9.17, 15) is 4.79 Å². The minimum Gasteiger partial charge on any atom is -0.464 e. The van der Waals surface area contributed by atoms with Crippen molar-refractivity contribution in [1.82, 2.24) is 4.98 Å². The zero-order valence-electron chi connectivity index (χ0n) is 10.2. The van der Waals surface area contributed by atoms with Crippen molar-refractivity contribution in [2.45, 2.75) is 6.10 Å². The summed E-state index contributed by atoms with van der Waals surface area (Å²) in [6.45, 7) is 1.87. The Kier molecular flexibility index (Phi) is 4.11. The van der Waals surface area contributed by atoms with Crippen molar-refractivity contribution in [2.24, 2.45) is 0 Å². The normalized spacial score (nSPS) is 19.7. The Morgan fingerprint density at radius 2 is 2.56 bits per heavy atom. The van der Waals surface area contributed by atoms with Gasteiger partial charge in [0, 0.05) is 25.0 Å². The Morgan fingerprint density at radius 3 is 3.28 bits per heavy atom. The molecule has 1 aliphatic rings. The fourth-order valence-corrected chi connectivity index (χ4v) is 1.90. The molecule has 98 valence electrons. The van der Waals surface area contributed by atoms with Crippen LogP contribution < -0.4 is 4.90 Å². The minimum absolute atomic E-state index is 0.00849. The van der Waals surface area contributed by atoms with Crippen LogP contribution in [0.15, 0.2) is 18.3 Å². The Labute approximate surface area is 105 Å². The summed E-state index contributed by atoms with van der Waals surface area (Å²) in [6.07, 6.45) is 1.39. The van der Waals surface area contributed by atoms with Crippen LogP contribution in [0.3, 0.4) is 0 Å². The number of ether oxygens (including phenoxy) is 2. The lowest BCUT2D eigenvalue weighted by Gasteiger charge is -2.33. The number of nitrogens with zero attached hydrogens (tertiary/aromatic N) is 2. The van der Waals surface area contributed by atoms with E-state index in [0.29, 0.717) is 13.2 Å². The van der Waals surface area contributed by atoms with Gasteiger partial charge < -0.3 is 19.5 Å². The molecule has 0 aliphatic carbocycles. The van der Waals surface area contributed by atoms with Gasteiger partial charge in [0.2, 0.25) is 0 Å². The summed E-state index contributed by atoms with van der Waals surface area (Å²) in [5.74, 6) is -0.455. The summed E-state index contributed by atoms with van der Waals surface area (Å²) >= 11 is 0. The van der Waals surface area contributed by atoms with Gasteiger partial charge in [-0.05, 0) is 12.1 Å². The molecule has 0 radical (unpaired) electrons. The number of hydrogen-bond donors (Lipinski definition) is 1. The number of carbonyl (C=O) groups excluding carboxylic acids is 1. The molecular weight excluding hydrogens is 236 g/mol. The van der Waals surface area contributed by atoms with Crippen LogP contribution in [0.2, 0.25) is 0 Å². The van der Waals surface area contributed by atoms with E-state index in [4.69, 9.17) is 9.84 Å². The van der Waals surface area contributed by atoms with Crippen molar-refractivity contribution < 1.29 is 19.4 Å². The predicted molar refractivity (Wildman–Crippen MR) is 64.6 cm³/mol. The Balaban J connectivity index is 2.15. The highest BCUT2D eigenvalue weighted by Gasteiger charge is 2.20. The van der Waals surface area contributed by atoms with E-state index in [1.54, 1.807) is 12.3 Å². The quantitative estimate of drug-likeness (QED) is 0.767. The summed E-state index contributed by atoms with van der Waals surface area (Å²) in [4.78, 5) is 17.4. The zero-order valence-corrected chi connectivity index (χ0v) is 10.2. The number of esters is 1. The summed E-state index contributed by atoms with van der Waals surface area (Å²) in [5.41, 5.74) is 1.16. The third kappa shape index (κ3) is 2.77. The van der Waals surface area contributed by atoms with Crippen molar-refractivity contribution in [1.29, 1.82) is 0 Å². The third-order valence-electron chi connectivity index (χ3n) is 2.85. The third-order valence-corrected chi connectivity index (χ3v) is 2.85. The van der Waals surface area contributed by atoms with Gasteiger partial charge in [-0.25, -0.2) is 9.78 Å². The molecule has 1 saturated heterocycles.